The third kappa shape index (κ3) is 4.43. The highest BCUT2D eigenvalue weighted by Crippen LogP contribution is 2.50. The van der Waals surface area contributed by atoms with Crippen LogP contribution in [0.15, 0.2) is 179 Å². The van der Waals surface area contributed by atoms with Crippen LogP contribution in [0.2, 0.25) is 0 Å². The molecule has 0 aliphatic carbocycles. The fourth-order valence-corrected chi connectivity index (χ4v) is 9.75. The van der Waals surface area contributed by atoms with Gasteiger partial charge in [0.1, 0.15) is 11.2 Å². The van der Waals surface area contributed by atoms with Crippen LogP contribution in [0.3, 0.4) is 0 Å². The Hall–Kier alpha value is -6.48. The van der Waals surface area contributed by atoms with Crippen molar-refractivity contribution >= 4 is 76.4 Å². The molecule has 9 aromatic carbocycles. The maximum absolute atomic E-state index is 7.04. The molecule has 0 unspecified atom stereocenters. The molecule has 2 heterocycles. The van der Waals surface area contributed by atoms with Crippen molar-refractivity contribution < 1.29 is 4.42 Å². The summed E-state index contributed by atoms with van der Waals surface area (Å²) in [5.41, 5.74) is 13.0. The number of benzene rings is 9. The molecule has 0 amide bonds. The second-order valence-electron chi connectivity index (χ2n) is 14.0. The van der Waals surface area contributed by atoms with E-state index in [1.165, 1.54) is 87.6 Å². The molecule has 0 atom stereocenters. The van der Waals surface area contributed by atoms with Crippen LogP contribution in [-0.4, -0.2) is 0 Å². The number of furan rings is 1. The van der Waals surface area contributed by atoms with E-state index in [9.17, 15) is 0 Å². The topological polar surface area (TPSA) is 13.1 Å². The third-order valence-electron chi connectivity index (χ3n) is 11.1. The number of hydrogen-bond acceptors (Lipinski definition) is 2. The van der Waals surface area contributed by atoms with Crippen LogP contribution in [0.25, 0.3) is 110 Å². The van der Waals surface area contributed by atoms with Crippen LogP contribution in [0.5, 0.6) is 0 Å². The van der Waals surface area contributed by atoms with Gasteiger partial charge in [-0.3, -0.25) is 0 Å². The molecule has 0 fully saturated rings. The Morgan fingerprint density at radius 1 is 0.358 bits per heavy atom. The lowest BCUT2D eigenvalue weighted by atomic mass is 9.84. The molecule has 0 bridgehead atoms. The van der Waals surface area contributed by atoms with E-state index in [0.29, 0.717) is 0 Å². The summed E-state index contributed by atoms with van der Waals surface area (Å²) in [6.45, 7) is 2.22. The first-order valence-electron chi connectivity index (χ1n) is 18.2. The Kier molecular flexibility index (Phi) is 6.71. The van der Waals surface area contributed by atoms with Gasteiger partial charge < -0.3 is 4.42 Å². The predicted molar refractivity (Wildman–Crippen MR) is 228 cm³/mol. The lowest BCUT2D eigenvalue weighted by Crippen LogP contribution is -1.91. The van der Waals surface area contributed by atoms with Gasteiger partial charge in [-0.05, 0) is 106 Å². The van der Waals surface area contributed by atoms with Gasteiger partial charge in [-0.2, -0.15) is 11.3 Å². The average molecular weight is 693 g/mol. The molecule has 53 heavy (non-hydrogen) atoms. The minimum atomic E-state index is 0.894. The second-order valence-corrected chi connectivity index (χ2v) is 14.7. The molecule has 1 nitrogen and oxygen atoms in total. The van der Waals surface area contributed by atoms with Crippen LogP contribution < -0.4 is 0 Å². The van der Waals surface area contributed by atoms with Crippen LogP contribution in [0.1, 0.15) is 5.56 Å². The van der Waals surface area contributed by atoms with E-state index < -0.39 is 0 Å². The first kappa shape index (κ1) is 30.2. The largest absolute Gasteiger partial charge is 0.455 e. The summed E-state index contributed by atoms with van der Waals surface area (Å²) in [6.07, 6.45) is 0. The summed E-state index contributed by atoms with van der Waals surface area (Å²) in [5.74, 6) is 0. The molecule has 0 spiro atoms. The summed E-state index contributed by atoms with van der Waals surface area (Å²) in [4.78, 5) is 0. The van der Waals surface area contributed by atoms with Crippen molar-refractivity contribution in [1.82, 2.24) is 0 Å². The normalized spacial score (nSPS) is 11.9. The average Bonchev–Trinajstić information content (AvgIpc) is 3.82. The van der Waals surface area contributed by atoms with Crippen molar-refractivity contribution in [2.45, 2.75) is 6.92 Å². The van der Waals surface area contributed by atoms with E-state index in [0.717, 1.165) is 27.5 Å². The van der Waals surface area contributed by atoms with Gasteiger partial charge >= 0.3 is 0 Å². The molecule has 248 valence electrons. The quantitative estimate of drug-likeness (QED) is 0.167. The Morgan fingerprint density at radius 2 is 0.792 bits per heavy atom. The number of thiophene rings is 1. The molecule has 0 N–H and O–H groups in total. The molecular formula is C51H32OS. The Bertz CT molecular complexity index is 3120. The zero-order valence-corrected chi connectivity index (χ0v) is 29.9. The standard InChI is InChI=1S/C51H32OS/c1-31-29-53-30-44(31)49-39-23-11-9-21-37(39)47(38-22-10-12-24-40(38)49)41-25-14-28-45-50(41)43-27-13-26-42(51(43)52-45)48-35-19-7-5-17-33(35)46(32-15-3-2-4-16-32)34-18-6-8-20-36(34)48/h2-30H,1H3. The van der Waals surface area contributed by atoms with Gasteiger partial charge in [0.05, 0.1) is 0 Å². The number of para-hydroxylation sites is 1. The van der Waals surface area contributed by atoms with Gasteiger partial charge in [0.15, 0.2) is 0 Å². The van der Waals surface area contributed by atoms with Gasteiger partial charge in [-0.15, -0.1) is 0 Å². The fourth-order valence-electron chi connectivity index (χ4n) is 8.91. The fraction of sp³-hybridized carbons (Fsp3) is 0.0196. The minimum absolute atomic E-state index is 0.894. The lowest BCUT2D eigenvalue weighted by molar-refractivity contribution is 0.670. The van der Waals surface area contributed by atoms with Crippen LogP contribution in [0.4, 0.5) is 0 Å². The lowest BCUT2D eigenvalue weighted by Gasteiger charge is -2.18. The summed E-state index contributed by atoms with van der Waals surface area (Å²) in [5, 5.41) is 16.8. The smallest absolute Gasteiger partial charge is 0.143 e. The Morgan fingerprint density at radius 3 is 1.32 bits per heavy atom. The van der Waals surface area contributed by atoms with Crippen LogP contribution >= 0.6 is 11.3 Å². The van der Waals surface area contributed by atoms with Gasteiger partial charge in [-0.25, -0.2) is 0 Å². The molecular weight excluding hydrogens is 661 g/mol. The first-order chi connectivity index (χ1) is 26.3. The van der Waals surface area contributed by atoms with E-state index in [2.05, 4.69) is 181 Å². The SMILES string of the molecule is Cc1cscc1-c1c2ccccc2c(-c2cccc3oc4c(-c5c6ccccc6c(-c6ccccc6)c6ccccc56)cccc4c23)c2ccccc12. The third-order valence-corrected chi connectivity index (χ3v) is 12.0. The van der Waals surface area contributed by atoms with Crippen molar-refractivity contribution in [1.29, 1.82) is 0 Å². The van der Waals surface area contributed by atoms with Crippen molar-refractivity contribution in [2.75, 3.05) is 0 Å². The second kappa shape index (κ2) is 11.8. The van der Waals surface area contributed by atoms with E-state index in [1.54, 1.807) is 11.3 Å². The molecule has 2 aromatic heterocycles. The van der Waals surface area contributed by atoms with E-state index in [4.69, 9.17) is 4.42 Å². The van der Waals surface area contributed by atoms with E-state index >= 15 is 0 Å². The predicted octanol–water partition coefficient (Wildman–Crippen LogP) is 15.2. The Balaban J connectivity index is 1.24. The molecule has 11 rings (SSSR count). The number of fused-ring (bicyclic) bond motifs is 7. The van der Waals surface area contributed by atoms with E-state index in [1.807, 2.05) is 0 Å². The zero-order valence-electron chi connectivity index (χ0n) is 29.1. The van der Waals surface area contributed by atoms with Gasteiger partial charge in [0.2, 0.25) is 0 Å². The summed E-state index contributed by atoms with van der Waals surface area (Å²) < 4.78 is 7.04. The summed E-state index contributed by atoms with van der Waals surface area (Å²) in [6, 6.07) is 59.6. The number of hydrogen-bond donors (Lipinski definition) is 0. The highest BCUT2D eigenvalue weighted by Gasteiger charge is 2.24. The van der Waals surface area contributed by atoms with Crippen molar-refractivity contribution in [3.8, 4) is 44.5 Å². The highest BCUT2D eigenvalue weighted by atomic mass is 32.1. The number of rotatable bonds is 4. The molecule has 11 aromatic rings. The van der Waals surface area contributed by atoms with Crippen molar-refractivity contribution in [2.24, 2.45) is 0 Å². The van der Waals surface area contributed by atoms with Crippen LogP contribution in [0, 0.1) is 6.92 Å². The maximum atomic E-state index is 7.04. The van der Waals surface area contributed by atoms with Gasteiger partial charge in [-0.1, -0.05) is 158 Å². The molecule has 2 heteroatoms. The first-order valence-corrected chi connectivity index (χ1v) is 19.1. The summed E-state index contributed by atoms with van der Waals surface area (Å²) in [7, 11) is 0. The molecule has 0 saturated carbocycles. The molecule has 0 aliphatic rings. The molecule has 0 radical (unpaired) electrons. The monoisotopic (exact) mass is 692 g/mol. The highest BCUT2D eigenvalue weighted by molar-refractivity contribution is 7.08. The zero-order chi connectivity index (χ0) is 35.0. The minimum Gasteiger partial charge on any atom is -0.455 e. The van der Waals surface area contributed by atoms with E-state index in [-0.39, 0.29) is 0 Å². The maximum Gasteiger partial charge on any atom is 0.143 e. The van der Waals surface area contributed by atoms with Crippen LogP contribution in [-0.2, 0) is 0 Å². The van der Waals surface area contributed by atoms with Crippen molar-refractivity contribution in [3.05, 3.63) is 180 Å². The molecule has 0 aliphatic heterocycles. The van der Waals surface area contributed by atoms with Crippen molar-refractivity contribution in [3.63, 3.8) is 0 Å². The van der Waals surface area contributed by atoms with Gasteiger partial charge in [0, 0.05) is 21.9 Å². The van der Waals surface area contributed by atoms with Gasteiger partial charge in [0.25, 0.3) is 0 Å². The summed E-state index contributed by atoms with van der Waals surface area (Å²) >= 11 is 1.77. The Labute approximate surface area is 311 Å². The molecule has 0 saturated heterocycles. The number of aryl methyl sites for hydroxylation is 1.